The molecular weight excluding hydrogens is 451 g/mol. The van der Waals surface area contributed by atoms with E-state index in [4.69, 9.17) is 14.2 Å². The molecule has 10 heteroatoms. The van der Waals surface area contributed by atoms with E-state index in [1.807, 2.05) is 35.0 Å². The van der Waals surface area contributed by atoms with Crippen LogP contribution in [0.4, 0.5) is 10.1 Å². The Labute approximate surface area is 204 Å². The number of methoxy groups -OCH3 is 2. The van der Waals surface area contributed by atoms with E-state index in [0.29, 0.717) is 36.8 Å². The fraction of sp³-hybridized carbons (Fsp3) is 0.480. The molecule has 3 aromatic rings. The SMILES string of the molecule is COc1ccc([C@@H](c2nnnn2C[C@H]2CCCO2)N2CCN(c3ccccc3F)CC2)cc1OC. The highest BCUT2D eigenvalue weighted by Gasteiger charge is 2.32. The maximum absolute atomic E-state index is 14.4. The Morgan fingerprint density at radius 3 is 2.57 bits per heavy atom. The van der Waals surface area contributed by atoms with Crippen LogP contribution in [0.5, 0.6) is 11.5 Å². The highest BCUT2D eigenvalue weighted by atomic mass is 19.1. The van der Waals surface area contributed by atoms with Crippen molar-refractivity contribution >= 4 is 5.69 Å². The summed E-state index contributed by atoms with van der Waals surface area (Å²) in [5, 5.41) is 12.8. The molecule has 9 nitrogen and oxygen atoms in total. The average molecular weight is 483 g/mol. The lowest BCUT2D eigenvalue weighted by molar-refractivity contribution is 0.0906. The summed E-state index contributed by atoms with van der Waals surface area (Å²) in [6.45, 7) is 4.22. The molecule has 35 heavy (non-hydrogen) atoms. The van der Waals surface area contributed by atoms with Gasteiger partial charge in [0.2, 0.25) is 0 Å². The summed E-state index contributed by atoms with van der Waals surface area (Å²) in [6.07, 6.45) is 2.17. The Morgan fingerprint density at radius 1 is 1.06 bits per heavy atom. The maximum Gasteiger partial charge on any atom is 0.173 e. The molecule has 2 aliphatic heterocycles. The summed E-state index contributed by atoms with van der Waals surface area (Å²) in [5.74, 6) is 1.88. The molecule has 2 fully saturated rings. The molecule has 0 unspecified atom stereocenters. The second kappa shape index (κ2) is 10.6. The van der Waals surface area contributed by atoms with Crippen LogP contribution in [0.3, 0.4) is 0 Å². The van der Waals surface area contributed by atoms with Gasteiger partial charge in [-0.1, -0.05) is 18.2 Å². The van der Waals surface area contributed by atoms with Crippen molar-refractivity contribution in [3.63, 3.8) is 0 Å². The van der Waals surface area contributed by atoms with Gasteiger partial charge in [0.25, 0.3) is 0 Å². The Morgan fingerprint density at radius 2 is 1.86 bits per heavy atom. The lowest BCUT2D eigenvalue weighted by Crippen LogP contribution is -2.48. The van der Waals surface area contributed by atoms with Crippen molar-refractivity contribution in [2.45, 2.75) is 31.5 Å². The minimum absolute atomic E-state index is 0.112. The molecule has 2 saturated heterocycles. The molecule has 0 N–H and O–H groups in total. The Bertz CT molecular complexity index is 1130. The van der Waals surface area contributed by atoms with Gasteiger partial charge in [-0.25, -0.2) is 9.07 Å². The lowest BCUT2D eigenvalue weighted by Gasteiger charge is -2.40. The van der Waals surface area contributed by atoms with Crippen LogP contribution in [0, 0.1) is 5.82 Å². The molecule has 2 aromatic carbocycles. The number of para-hydroxylation sites is 1. The van der Waals surface area contributed by atoms with Crippen LogP contribution in [0.25, 0.3) is 0 Å². The molecule has 2 atom stereocenters. The van der Waals surface area contributed by atoms with E-state index in [0.717, 1.165) is 43.9 Å². The molecule has 5 rings (SSSR count). The minimum Gasteiger partial charge on any atom is -0.493 e. The Kier molecular flexibility index (Phi) is 7.10. The van der Waals surface area contributed by atoms with Crippen molar-refractivity contribution in [3.8, 4) is 11.5 Å². The first kappa shape index (κ1) is 23.5. The summed E-state index contributed by atoms with van der Waals surface area (Å²) >= 11 is 0. The molecule has 0 radical (unpaired) electrons. The minimum atomic E-state index is -0.200. The normalized spacial score (nSPS) is 19.6. The van der Waals surface area contributed by atoms with Gasteiger partial charge in [0.1, 0.15) is 5.82 Å². The highest BCUT2D eigenvalue weighted by Crippen LogP contribution is 2.35. The van der Waals surface area contributed by atoms with Crippen molar-refractivity contribution in [3.05, 3.63) is 59.7 Å². The Balaban J connectivity index is 1.45. The summed E-state index contributed by atoms with van der Waals surface area (Å²) in [6, 6.07) is 12.6. The number of anilines is 1. The van der Waals surface area contributed by atoms with Crippen molar-refractivity contribution in [1.29, 1.82) is 0 Å². The summed E-state index contributed by atoms with van der Waals surface area (Å²) in [4.78, 5) is 4.43. The van der Waals surface area contributed by atoms with Gasteiger partial charge in [-0.2, -0.15) is 0 Å². The first-order valence-electron chi connectivity index (χ1n) is 12.0. The van der Waals surface area contributed by atoms with Gasteiger partial charge < -0.3 is 19.1 Å². The largest absolute Gasteiger partial charge is 0.493 e. The van der Waals surface area contributed by atoms with Crippen LogP contribution < -0.4 is 14.4 Å². The van der Waals surface area contributed by atoms with Crippen LogP contribution in [-0.4, -0.2) is 78.2 Å². The lowest BCUT2D eigenvalue weighted by atomic mass is 10.0. The first-order valence-corrected chi connectivity index (χ1v) is 12.0. The number of halogens is 1. The number of nitrogens with zero attached hydrogens (tertiary/aromatic N) is 6. The second-order valence-corrected chi connectivity index (χ2v) is 8.85. The molecule has 2 aliphatic rings. The van der Waals surface area contributed by atoms with Gasteiger partial charge in [-0.05, 0) is 53.1 Å². The van der Waals surface area contributed by atoms with Crippen molar-refractivity contribution in [2.24, 2.45) is 0 Å². The molecule has 3 heterocycles. The fourth-order valence-electron chi connectivity index (χ4n) is 4.99. The van der Waals surface area contributed by atoms with Crippen LogP contribution in [0.1, 0.15) is 30.3 Å². The number of rotatable bonds is 8. The fourth-order valence-corrected chi connectivity index (χ4v) is 4.99. The number of ether oxygens (including phenoxy) is 3. The molecule has 0 spiro atoms. The Hall–Kier alpha value is -3.24. The van der Waals surface area contributed by atoms with E-state index < -0.39 is 0 Å². The third kappa shape index (κ3) is 4.94. The third-order valence-electron chi connectivity index (χ3n) is 6.80. The standard InChI is InChI=1S/C25H31FN6O3/c1-33-22-10-9-18(16-23(22)34-2)24(25-27-28-29-32(25)17-19-6-5-15-35-19)31-13-11-30(12-14-31)21-8-4-3-7-20(21)26/h3-4,7-10,16,19,24H,5-6,11-15,17H2,1-2H3/t19-,24+/m1/s1. The van der Waals surface area contributed by atoms with Crippen molar-refractivity contribution < 1.29 is 18.6 Å². The van der Waals surface area contributed by atoms with E-state index >= 15 is 0 Å². The van der Waals surface area contributed by atoms with E-state index in [2.05, 4.69) is 25.3 Å². The van der Waals surface area contributed by atoms with Crippen LogP contribution in [0.15, 0.2) is 42.5 Å². The van der Waals surface area contributed by atoms with Crippen LogP contribution in [-0.2, 0) is 11.3 Å². The predicted molar refractivity (Wildman–Crippen MR) is 128 cm³/mol. The van der Waals surface area contributed by atoms with Crippen LogP contribution >= 0.6 is 0 Å². The quantitative estimate of drug-likeness (QED) is 0.485. The monoisotopic (exact) mass is 482 g/mol. The summed E-state index contributed by atoms with van der Waals surface area (Å²) in [7, 11) is 3.25. The summed E-state index contributed by atoms with van der Waals surface area (Å²) in [5.41, 5.74) is 1.64. The van der Waals surface area contributed by atoms with Crippen LogP contribution in [0.2, 0.25) is 0 Å². The molecule has 0 bridgehead atoms. The molecule has 0 saturated carbocycles. The van der Waals surface area contributed by atoms with Crippen molar-refractivity contribution in [1.82, 2.24) is 25.1 Å². The molecular formula is C25H31FN6O3. The third-order valence-corrected chi connectivity index (χ3v) is 6.80. The number of piperazine rings is 1. The topological polar surface area (TPSA) is 77.8 Å². The zero-order valence-electron chi connectivity index (χ0n) is 20.1. The smallest absolute Gasteiger partial charge is 0.173 e. The predicted octanol–water partition coefficient (Wildman–Crippen LogP) is 2.92. The molecule has 0 aliphatic carbocycles. The van der Waals surface area contributed by atoms with E-state index in [1.54, 1.807) is 20.3 Å². The molecule has 1 aromatic heterocycles. The van der Waals surface area contributed by atoms with Gasteiger partial charge in [0.05, 0.1) is 38.6 Å². The zero-order chi connectivity index (χ0) is 24.2. The molecule has 0 amide bonds. The second-order valence-electron chi connectivity index (χ2n) is 8.85. The van der Waals surface area contributed by atoms with E-state index in [-0.39, 0.29) is 18.0 Å². The average Bonchev–Trinajstić information content (AvgIpc) is 3.58. The highest BCUT2D eigenvalue weighted by molar-refractivity contribution is 5.48. The number of aromatic nitrogens is 4. The number of tetrazole rings is 1. The van der Waals surface area contributed by atoms with Gasteiger partial charge in [-0.3, -0.25) is 4.90 Å². The van der Waals surface area contributed by atoms with Gasteiger partial charge >= 0.3 is 0 Å². The first-order chi connectivity index (χ1) is 17.2. The zero-order valence-corrected chi connectivity index (χ0v) is 20.1. The summed E-state index contributed by atoms with van der Waals surface area (Å²) < 4.78 is 33.1. The van der Waals surface area contributed by atoms with E-state index in [1.165, 1.54) is 6.07 Å². The number of benzene rings is 2. The van der Waals surface area contributed by atoms with E-state index in [9.17, 15) is 4.39 Å². The number of hydrogen-bond acceptors (Lipinski definition) is 8. The van der Waals surface area contributed by atoms with Gasteiger partial charge in [0.15, 0.2) is 17.3 Å². The molecule has 186 valence electrons. The van der Waals surface area contributed by atoms with Gasteiger partial charge in [0, 0.05) is 32.8 Å². The van der Waals surface area contributed by atoms with Crippen molar-refractivity contribution in [2.75, 3.05) is 51.9 Å². The maximum atomic E-state index is 14.4. The number of hydrogen-bond donors (Lipinski definition) is 0. The van der Waals surface area contributed by atoms with Gasteiger partial charge in [-0.15, -0.1) is 5.10 Å².